The second-order valence-corrected chi connectivity index (χ2v) is 12.2. The SMILES string of the molecule is Cc1ccc2nc(Sc3c(Cl)cc(NS(=O)(=O)c4ccc(C(F)(F)F)cc4Cl)cc3Cl)sc2c1. The smallest absolute Gasteiger partial charge is 0.279 e. The molecule has 1 N–H and O–H groups in total. The van der Waals surface area contributed by atoms with Gasteiger partial charge in [-0.05, 0) is 55.0 Å². The zero-order valence-electron chi connectivity index (χ0n) is 16.9. The number of fused-ring (bicyclic) bond motifs is 1. The maximum absolute atomic E-state index is 12.8. The number of thiazole rings is 1. The molecule has 0 saturated carbocycles. The van der Waals surface area contributed by atoms with Crippen LogP contribution in [0.5, 0.6) is 0 Å². The lowest BCUT2D eigenvalue weighted by Gasteiger charge is -2.13. The van der Waals surface area contributed by atoms with Crippen LogP contribution in [0.15, 0.2) is 62.7 Å². The highest BCUT2D eigenvalue weighted by molar-refractivity contribution is 8.01. The molecule has 4 rings (SSSR count). The van der Waals surface area contributed by atoms with Gasteiger partial charge in [0.2, 0.25) is 0 Å². The second kappa shape index (κ2) is 9.40. The van der Waals surface area contributed by atoms with E-state index in [-0.39, 0.29) is 15.7 Å². The third kappa shape index (κ3) is 5.42. The number of hydrogen-bond donors (Lipinski definition) is 1. The molecule has 0 atom stereocenters. The number of hydrogen-bond acceptors (Lipinski definition) is 5. The molecule has 0 fully saturated rings. The highest BCUT2D eigenvalue weighted by Crippen LogP contribution is 2.43. The van der Waals surface area contributed by atoms with Crippen molar-refractivity contribution >= 4 is 83.8 Å². The summed E-state index contributed by atoms with van der Waals surface area (Å²) >= 11 is 21.3. The van der Waals surface area contributed by atoms with Crippen LogP contribution in [-0.2, 0) is 16.2 Å². The average Bonchev–Trinajstić information content (AvgIpc) is 3.11. The predicted octanol–water partition coefficient (Wildman–Crippen LogP) is 8.54. The van der Waals surface area contributed by atoms with Crippen LogP contribution >= 0.6 is 57.9 Å². The number of nitrogens with one attached hydrogen (secondary N) is 1. The van der Waals surface area contributed by atoms with Crippen molar-refractivity contribution in [1.82, 2.24) is 4.98 Å². The molecule has 1 aromatic heterocycles. The maximum Gasteiger partial charge on any atom is 0.416 e. The van der Waals surface area contributed by atoms with E-state index >= 15 is 0 Å². The number of alkyl halides is 3. The van der Waals surface area contributed by atoms with Gasteiger partial charge in [-0.1, -0.05) is 52.6 Å². The fourth-order valence-corrected chi connectivity index (χ4v) is 7.38. The van der Waals surface area contributed by atoms with Crippen LogP contribution in [0.1, 0.15) is 11.1 Å². The van der Waals surface area contributed by atoms with E-state index in [2.05, 4.69) is 9.71 Å². The molecule has 13 heteroatoms. The summed E-state index contributed by atoms with van der Waals surface area (Å²) in [5.74, 6) is 0. The monoisotopic (exact) mass is 582 g/mol. The minimum absolute atomic E-state index is 0.0234. The zero-order chi connectivity index (χ0) is 24.8. The topological polar surface area (TPSA) is 59.1 Å². The van der Waals surface area contributed by atoms with E-state index in [0.29, 0.717) is 21.4 Å². The molecule has 178 valence electrons. The minimum Gasteiger partial charge on any atom is -0.279 e. The third-order valence-electron chi connectivity index (χ3n) is 4.51. The Morgan fingerprint density at radius 1 is 0.971 bits per heavy atom. The molecule has 0 aliphatic carbocycles. The summed E-state index contributed by atoms with van der Waals surface area (Å²) in [5, 5.41) is -0.230. The fourth-order valence-electron chi connectivity index (χ4n) is 2.96. The van der Waals surface area contributed by atoms with Crippen molar-refractivity contribution < 1.29 is 21.6 Å². The lowest BCUT2D eigenvalue weighted by molar-refractivity contribution is -0.137. The molecule has 0 bridgehead atoms. The van der Waals surface area contributed by atoms with E-state index in [9.17, 15) is 21.6 Å². The number of aromatic nitrogens is 1. The number of benzene rings is 3. The van der Waals surface area contributed by atoms with Crippen molar-refractivity contribution in [2.75, 3.05) is 4.72 Å². The summed E-state index contributed by atoms with van der Waals surface area (Å²) in [6.45, 7) is 1.98. The molecule has 0 aliphatic heterocycles. The first-order chi connectivity index (χ1) is 15.8. The van der Waals surface area contributed by atoms with E-state index in [1.807, 2.05) is 25.1 Å². The minimum atomic E-state index is -4.66. The number of sulfonamides is 1. The quantitative estimate of drug-likeness (QED) is 0.256. The Kier molecular flexibility index (Phi) is 7.03. The second-order valence-electron chi connectivity index (χ2n) is 7.07. The Balaban J connectivity index is 1.60. The Labute approximate surface area is 216 Å². The van der Waals surface area contributed by atoms with Crippen molar-refractivity contribution in [3.05, 3.63) is 74.7 Å². The molecule has 0 aliphatic rings. The van der Waals surface area contributed by atoms with Gasteiger partial charge in [-0.15, -0.1) is 11.3 Å². The molecule has 0 saturated heterocycles. The van der Waals surface area contributed by atoms with Crippen LogP contribution in [0, 0.1) is 6.92 Å². The summed E-state index contributed by atoms with van der Waals surface area (Å²) in [5.41, 5.74) is 0.904. The van der Waals surface area contributed by atoms with Gasteiger partial charge in [0.25, 0.3) is 10.0 Å². The first-order valence-electron chi connectivity index (χ1n) is 9.27. The van der Waals surface area contributed by atoms with Crippen LogP contribution in [0.2, 0.25) is 15.1 Å². The van der Waals surface area contributed by atoms with Crippen molar-refractivity contribution in [2.24, 2.45) is 0 Å². The predicted molar refractivity (Wildman–Crippen MR) is 132 cm³/mol. The van der Waals surface area contributed by atoms with Crippen molar-refractivity contribution in [2.45, 2.75) is 27.2 Å². The molecule has 4 nitrogen and oxygen atoms in total. The molecular weight excluding hydrogens is 572 g/mol. The highest BCUT2D eigenvalue weighted by atomic mass is 35.5. The van der Waals surface area contributed by atoms with Gasteiger partial charge in [0.1, 0.15) is 4.90 Å². The molecular formula is C21H12Cl3F3N2O2S3. The summed E-state index contributed by atoms with van der Waals surface area (Å²) in [7, 11) is -4.32. The number of aryl methyl sites for hydroxylation is 1. The standard InChI is InChI=1S/C21H12Cl3F3N2O2S3/c1-10-2-4-16-17(6-10)32-20(28-16)33-19-14(23)8-12(9-15(19)24)29-34(30,31)18-5-3-11(7-13(18)22)21(25,26)27/h2-9,29H,1H3. The lowest BCUT2D eigenvalue weighted by Crippen LogP contribution is -2.14. The summed E-state index contributed by atoms with van der Waals surface area (Å²) in [4.78, 5) is 4.51. The average molecular weight is 584 g/mol. The number of anilines is 1. The molecule has 0 radical (unpaired) electrons. The molecule has 34 heavy (non-hydrogen) atoms. The lowest BCUT2D eigenvalue weighted by atomic mass is 10.2. The van der Waals surface area contributed by atoms with Crippen molar-refractivity contribution in [3.63, 3.8) is 0 Å². The van der Waals surface area contributed by atoms with E-state index in [1.165, 1.54) is 35.2 Å². The van der Waals surface area contributed by atoms with Gasteiger partial charge in [-0.2, -0.15) is 13.2 Å². The Bertz CT molecular complexity index is 1500. The van der Waals surface area contributed by atoms with E-state index < -0.39 is 31.7 Å². The van der Waals surface area contributed by atoms with Crippen LogP contribution in [0.3, 0.4) is 0 Å². The fraction of sp³-hybridized carbons (Fsp3) is 0.0952. The summed E-state index contributed by atoms with van der Waals surface area (Å²) in [6, 6.07) is 10.6. The molecule has 3 aromatic carbocycles. The Hall–Kier alpha value is -1.69. The van der Waals surface area contributed by atoms with Crippen LogP contribution < -0.4 is 4.72 Å². The first kappa shape index (κ1) is 25.4. The molecule has 4 aromatic rings. The van der Waals surface area contributed by atoms with Gasteiger partial charge in [-0.3, -0.25) is 4.72 Å². The summed E-state index contributed by atoms with van der Waals surface area (Å²) in [6.07, 6.45) is -4.66. The maximum atomic E-state index is 12.8. The van der Waals surface area contributed by atoms with E-state index in [0.717, 1.165) is 21.8 Å². The largest absolute Gasteiger partial charge is 0.416 e. The molecule has 0 unspecified atom stereocenters. The van der Waals surface area contributed by atoms with Gasteiger partial charge >= 0.3 is 6.18 Å². The highest BCUT2D eigenvalue weighted by Gasteiger charge is 2.32. The first-order valence-corrected chi connectivity index (χ1v) is 13.5. The van der Waals surface area contributed by atoms with Gasteiger partial charge in [0.05, 0.1) is 41.4 Å². The molecule has 1 heterocycles. The number of nitrogens with zero attached hydrogens (tertiary/aromatic N) is 1. The Morgan fingerprint density at radius 3 is 2.26 bits per heavy atom. The van der Waals surface area contributed by atoms with Gasteiger partial charge in [-0.25, -0.2) is 13.4 Å². The number of rotatable bonds is 5. The summed E-state index contributed by atoms with van der Waals surface area (Å²) < 4.78 is 68.0. The van der Waals surface area contributed by atoms with Gasteiger partial charge < -0.3 is 0 Å². The van der Waals surface area contributed by atoms with Crippen molar-refractivity contribution in [1.29, 1.82) is 0 Å². The van der Waals surface area contributed by atoms with Crippen LogP contribution in [-0.4, -0.2) is 13.4 Å². The van der Waals surface area contributed by atoms with Crippen LogP contribution in [0.4, 0.5) is 18.9 Å². The van der Waals surface area contributed by atoms with Crippen LogP contribution in [0.25, 0.3) is 10.2 Å². The normalized spacial score (nSPS) is 12.3. The van der Waals surface area contributed by atoms with Crippen molar-refractivity contribution in [3.8, 4) is 0 Å². The Morgan fingerprint density at radius 2 is 1.65 bits per heavy atom. The van der Waals surface area contributed by atoms with Gasteiger partial charge in [0, 0.05) is 0 Å². The van der Waals surface area contributed by atoms with E-state index in [4.69, 9.17) is 34.8 Å². The number of halogens is 6. The zero-order valence-corrected chi connectivity index (χ0v) is 21.6. The van der Waals surface area contributed by atoms with E-state index in [1.54, 1.807) is 0 Å². The van der Waals surface area contributed by atoms with Gasteiger partial charge in [0.15, 0.2) is 4.34 Å². The third-order valence-corrected chi connectivity index (χ3v) is 9.42. The molecule has 0 spiro atoms. The molecule has 0 amide bonds.